The van der Waals surface area contributed by atoms with Gasteiger partial charge in [0.25, 0.3) is 0 Å². The van der Waals surface area contributed by atoms with Crippen LogP contribution in [0.3, 0.4) is 0 Å². The van der Waals surface area contributed by atoms with Gasteiger partial charge in [0.2, 0.25) is 11.5 Å². The molecule has 0 saturated carbocycles. The van der Waals surface area contributed by atoms with Crippen LogP contribution >= 0.6 is 0 Å². The molecule has 4 aromatic rings. The van der Waals surface area contributed by atoms with Crippen LogP contribution in [0.5, 0.6) is 23.0 Å². The Morgan fingerprint density at radius 3 is 2.27 bits per heavy atom. The van der Waals surface area contributed by atoms with Crippen LogP contribution in [0.2, 0.25) is 0 Å². The molecule has 1 N–H and O–H groups in total. The van der Waals surface area contributed by atoms with Gasteiger partial charge in [-0.15, -0.1) is 0 Å². The molecule has 0 aliphatic heterocycles. The van der Waals surface area contributed by atoms with Crippen molar-refractivity contribution in [2.45, 2.75) is 0 Å². The summed E-state index contributed by atoms with van der Waals surface area (Å²) in [7, 11) is 6.25. The van der Waals surface area contributed by atoms with Crippen molar-refractivity contribution in [2.75, 3.05) is 28.4 Å². The molecule has 0 aliphatic carbocycles. The highest BCUT2D eigenvalue weighted by molar-refractivity contribution is 6.00. The maximum atomic E-state index is 11.8. The highest BCUT2D eigenvalue weighted by atomic mass is 16.5. The minimum atomic E-state index is -0.495. The quantitative estimate of drug-likeness (QED) is 0.517. The number of nitrogens with zero attached hydrogens (tertiary/aromatic N) is 1. The summed E-state index contributed by atoms with van der Waals surface area (Å²) in [6.07, 6.45) is 1.49. The van der Waals surface area contributed by atoms with Crippen LogP contribution < -0.4 is 24.6 Å². The van der Waals surface area contributed by atoms with Crippen molar-refractivity contribution in [3.05, 3.63) is 53.1 Å². The number of hydrogen-bond donors (Lipinski definition) is 1. The summed E-state index contributed by atoms with van der Waals surface area (Å²) in [5.41, 5.74) is 2.06. The van der Waals surface area contributed by atoms with Gasteiger partial charge in [0.1, 0.15) is 11.5 Å². The first kappa shape index (κ1) is 19.4. The van der Waals surface area contributed by atoms with Crippen LogP contribution in [-0.4, -0.2) is 38.4 Å². The van der Waals surface area contributed by atoms with Crippen molar-refractivity contribution >= 4 is 11.1 Å². The monoisotopic (exact) mass is 408 g/mol. The first-order valence-electron chi connectivity index (χ1n) is 9.06. The smallest absolute Gasteiger partial charge is 0.347 e. The minimum Gasteiger partial charge on any atom is -0.497 e. The summed E-state index contributed by atoms with van der Waals surface area (Å²) < 4.78 is 27.8. The number of rotatable bonds is 6. The van der Waals surface area contributed by atoms with Crippen LogP contribution in [0.15, 0.2) is 51.8 Å². The molecule has 0 radical (unpaired) electrons. The average molecular weight is 408 g/mol. The number of fused-ring (bicyclic) bond motifs is 1. The summed E-state index contributed by atoms with van der Waals surface area (Å²) in [4.78, 5) is 18.3. The zero-order chi connectivity index (χ0) is 21.3. The van der Waals surface area contributed by atoms with Gasteiger partial charge >= 0.3 is 5.69 Å². The van der Waals surface area contributed by atoms with E-state index in [0.717, 1.165) is 16.7 Å². The lowest BCUT2D eigenvalue weighted by Gasteiger charge is -2.14. The Kier molecular flexibility index (Phi) is 5.05. The molecule has 4 rings (SSSR count). The van der Waals surface area contributed by atoms with Gasteiger partial charge in [-0.25, -0.2) is 9.78 Å². The third-order valence-corrected chi connectivity index (χ3v) is 4.76. The fourth-order valence-electron chi connectivity index (χ4n) is 3.39. The number of methoxy groups -OCH3 is 4. The summed E-state index contributed by atoms with van der Waals surface area (Å²) in [5.74, 6) is 2.69. The maximum Gasteiger partial charge on any atom is 0.347 e. The molecule has 2 aromatic carbocycles. The lowest BCUT2D eigenvalue weighted by Crippen LogP contribution is -2.07. The maximum absolute atomic E-state index is 11.8. The van der Waals surface area contributed by atoms with Crippen molar-refractivity contribution in [2.24, 2.45) is 0 Å². The van der Waals surface area contributed by atoms with E-state index in [1.54, 1.807) is 28.4 Å². The van der Waals surface area contributed by atoms with Crippen LogP contribution in [0.1, 0.15) is 0 Å². The molecular weight excluding hydrogens is 388 g/mol. The van der Waals surface area contributed by atoms with Gasteiger partial charge < -0.3 is 23.4 Å². The van der Waals surface area contributed by atoms with Gasteiger partial charge in [0.15, 0.2) is 11.5 Å². The molecule has 0 bridgehead atoms. The Hall–Kier alpha value is -3.94. The molecule has 154 valence electrons. The molecular formula is C22H20N2O6. The zero-order valence-corrected chi connectivity index (χ0v) is 16.9. The largest absolute Gasteiger partial charge is 0.497 e. The van der Waals surface area contributed by atoms with Crippen LogP contribution in [-0.2, 0) is 0 Å². The molecule has 8 heteroatoms. The molecule has 0 fully saturated rings. The van der Waals surface area contributed by atoms with E-state index in [1.165, 1.54) is 6.20 Å². The predicted octanol–water partition coefficient (Wildman–Crippen LogP) is 3.88. The normalized spacial score (nSPS) is 10.8. The number of furan rings is 1. The van der Waals surface area contributed by atoms with Crippen LogP contribution in [0.25, 0.3) is 33.6 Å². The number of aromatic nitrogens is 2. The van der Waals surface area contributed by atoms with Crippen molar-refractivity contribution in [3.63, 3.8) is 0 Å². The second kappa shape index (κ2) is 7.82. The third kappa shape index (κ3) is 3.22. The lowest BCUT2D eigenvalue weighted by molar-refractivity contribution is 0.324. The zero-order valence-electron chi connectivity index (χ0n) is 16.9. The van der Waals surface area contributed by atoms with E-state index in [0.29, 0.717) is 39.9 Å². The minimum absolute atomic E-state index is 0.316. The second-order valence-corrected chi connectivity index (χ2v) is 6.38. The van der Waals surface area contributed by atoms with Crippen LogP contribution in [0.4, 0.5) is 0 Å². The van der Waals surface area contributed by atoms with Crippen LogP contribution in [0, 0.1) is 0 Å². The van der Waals surface area contributed by atoms with E-state index < -0.39 is 5.69 Å². The first-order valence-corrected chi connectivity index (χ1v) is 9.06. The number of nitrogens with one attached hydrogen (secondary N) is 1. The van der Waals surface area contributed by atoms with Gasteiger partial charge in [-0.2, -0.15) is 0 Å². The molecule has 0 atom stereocenters. The average Bonchev–Trinajstić information content (AvgIpc) is 3.16. The van der Waals surface area contributed by atoms with E-state index in [9.17, 15) is 4.79 Å². The van der Waals surface area contributed by atoms with E-state index in [1.807, 2.05) is 36.4 Å². The van der Waals surface area contributed by atoms with Crippen molar-refractivity contribution < 1.29 is 23.4 Å². The number of ether oxygens (including phenoxy) is 4. The SMILES string of the molecule is COc1cccc(-c2oc3[nH]c(=O)ncc3c2-c2cc(OC)c(OC)c(OC)c2)c1. The highest BCUT2D eigenvalue weighted by Crippen LogP contribution is 2.46. The Morgan fingerprint density at radius 1 is 0.900 bits per heavy atom. The molecule has 8 nitrogen and oxygen atoms in total. The third-order valence-electron chi connectivity index (χ3n) is 4.76. The van der Waals surface area contributed by atoms with Crippen molar-refractivity contribution in [3.8, 4) is 45.4 Å². The first-order chi connectivity index (χ1) is 14.6. The number of aromatic amines is 1. The Balaban J connectivity index is 2.06. The molecule has 2 aromatic heterocycles. The molecule has 0 spiro atoms. The second-order valence-electron chi connectivity index (χ2n) is 6.38. The highest BCUT2D eigenvalue weighted by Gasteiger charge is 2.22. The Labute approximate surface area is 172 Å². The predicted molar refractivity (Wildman–Crippen MR) is 112 cm³/mol. The van der Waals surface area contributed by atoms with E-state index in [2.05, 4.69) is 9.97 Å². The summed E-state index contributed by atoms with van der Waals surface area (Å²) in [5, 5.41) is 0.640. The van der Waals surface area contributed by atoms with Gasteiger partial charge in [-0.1, -0.05) is 12.1 Å². The topological polar surface area (TPSA) is 95.8 Å². The number of benzene rings is 2. The molecule has 0 saturated heterocycles. The number of H-pyrrole nitrogens is 1. The summed E-state index contributed by atoms with van der Waals surface area (Å²) >= 11 is 0. The van der Waals surface area contributed by atoms with E-state index in [4.69, 9.17) is 23.4 Å². The van der Waals surface area contributed by atoms with Gasteiger partial charge in [0.05, 0.1) is 33.8 Å². The lowest BCUT2D eigenvalue weighted by atomic mass is 9.98. The molecule has 0 aliphatic rings. The van der Waals surface area contributed by atoms with Gasteiger partial charge in [0, 0.05) is 17.3 Å². The fraction of sp³-hybridized carbons (Fsp3) is 0.182. The molecule has 0 unspecified atom stereocenters. The Morgan fingerprint density at radius 2 is 1.63 bits per heavy atom. The van der Waals surface area contributed by atoms with Crippen molar-refractivity contribution in [1.29, 1.82) is 0 Å². The molecule has 2 heterocycles. The van der Waals surface area contributed by atoms with Crippen molar-refractivity contribution in [1.82, 2.24) is 9.97 Å². The molecule has 0 amide bonds. The standard InChI is InChI=1S/C22H20N2O6/c1-26-14-7-5-6-12(8-14)19-18(15-11-23-22(25)24-21(15)30-19)13-9-16(27-2)20(29-4)17(10-13)28-3/h5-11H,1-4H3,(H,23,24,25). The van der Waals surface area contributed by atoms with Gasteiger partial charge in [-0.05, 0) is 29.8 Å². The summed E-state index contributed by atoms with van der Waals surface area (Å²) in [6.45, 7) is 0. The van der Waals surface area contributed by atoms with E-state index in [-0.39, 0.29) is 0 Å². The van der Waals surface area contributed by atoms with Gasteiger partial charge in [-0.3, -0.25) is 4.98 Å². The number of hydrogen-bond acceptors (Lipinski definition) is 7. The molecule has 30 heavy (non-hydrogen) atoms. The van der Waals surface area contributed by atoms with E-state index >= 15 is 0 Å². The Bertz CT molecular complexity index is 1250. The summed E-state index contributed by atoms with van der Waals surface area (Å²) in [6, 6.07) is 11.1. The fourth-order valence-corrected chi connectivity index (χ4v) is 3.39.